The first-order valence-electron chi connectivity index (χ1n) is 13.0. The highest BCUT2D eigenvalue weighted by molar-refractivity contribution is 5.84. The maximum Gasteiger partial charge on any atom is 0.303 e. The number of carbonyl (C=O) groups excluding carboxylic acids is 1. The quantitative estimate of drug-likeness (QED) is 0.241. The number of aryl methyl sites for hydroxylation is 1. The van der Waals surface area contributed by atoms with Crippen molar-refractivity contribution in [2.45, 2.75) is 38.2 Å². The normalized spacial score (nSPS) is 14.6. The minimum Gasteiger partial charge on any atom is -0.494 e. The second-order valence-corrected chi connectivity index (χ2v) is 9.34. The third-order valence-corrected chi connectivity index (χ3v) is 6.45. The number of anilines is 1. The summed E-state index contributed by atoms with van der Waals surface area (Å²) in [5.41, 5.74) is 9.55. The second kappa shape index (κ2) is 13.3. The van der Waals surface area contributed by atoms with Crippen LogP contribution in [0.2, 0.25) is 0 Å². The Balaban J connectivity index is 1.35. The number of ether oxygens (including phenoxy) is 2. The van der Waals surface area contributed by atoms with Crippen molar-refractivity contribution in [2.24, 2.45) is 5.73 Å². The number of nitrogens with zero attached hydrogens (tertiary/aromatic N) is 1. The molecule has 1 atom stereocenters. The zero-order valence-electron chi connectivity index (χ0n) is 21.4. The van der Waals surface area contributed by atoms with Crippen molar-refractivity contribution in [3.8, 4) is 11.5 Å². The number of aliphatic carboxylic acids is 1. The molecule has 1 unspecified atom stereocenters. The van der Waals surface area contributed by atoms with Gasteiger partial charge >= 0.3 is 5.97 Å². The van der Waals surface area contributed by atoms with Crippen LogP contribution in [0, 0.1) is 0 Å². The van der Waals surface area contributed by atoms with E-state index in [1.54, 1.807) is 0 Å². The highest BCUT2D eigenvalue weighted by Gasteiger charge is 2.30. The predicted octanol–water partition coefficient (Wildman–Crippen LogP) is 5.18. The summed E-state index contributed by atoms with van der Waals surface area (Å²) < 4.78 is 11.9. The van der Waals surface area contributed by atoms with Gasteiger partial charge in [0.2, 0.25) is 0 Å². The van der Waals surface area contributed by atoms with E-state index in [2.05, 4.69) is 24.3 Å². The van der Waals surface area contributed by atoms with Crippen LogP contribution in [0.4, 0.5) is 5.69 Å². The van der Waals surface area contributed by atoms with Gasteiger partial charge in [-0.1, -0.05) is 66.7 Å². The van der Waals surface area contributed by atoms with E-state index in [-0.39, 0.29) is 6.42 Å². The maximum atomic E-state index is 11.9. The molecule has 0 aliphatic carbocycles. The summed E-state index contributed by atoms with van der Waals surface area (Å²) in [6, 6.07) is 24.1. The Kier molecular flexibility index (Phi) is 9.40. The van der Waals surface area contributed by atoms with E-state index in [0.717, 1.165) is 41.8 Å². The number of carboxylic acid groups (broad SMARTS) is 1. The number of carbonyl (C=O) groups is 2. The standard InChI is InChI=1S/C31H34N2O5/c32-31(36)28-22-33(20-7-13-29(34)35)27-12-6-11-25(30(27)38-28)17-14-24-15-18-26(19-16-24)37-21-5-4-10-23-8-2-1-3-9-23/h1-3,6,8-9,11-12,14-19,28H,4-5,7,10,13,20-22H2,(H2,32,36)(H,34,35). The van der Waals surface area contributed by atoms with Crippen molar-refractivity contribution in [1.29, 1.82) is 0 Å². The van der Waals surface area contributed by atoms with Crippen molar-refractivity contribution in [3.05, 3.63) is 89.5 Å². The predicted molar refractivity (Wildman–Crippen MR) is 149 cm³/mol. The minimum atomic E-state index is -0.846. The fourth-order valence-electron chi connectivity index (χ4n) is 4.44. The highest BCUT2D eigenvalue weighted by atomic mass is 16.5. The molecule has 0 aromatic heterocycles. The summed E-state index contributed by atoms with van der Waals surface area (Å²) in [4.78, 5) is 24.9. The van der Waals surface area contributed by atoms with Crippen molar-refractivity contribution < 1.29 is 24.2 Å². The molecule has 7 nitrogen and oxygen atoms in total. The topological polar surface area (TPSA) is 102 Å². The molecule has 7 heteroatoms. The van der Waals surface area contributed by atoms with Gasteiger partial charge in [0.05, 0.1) is 18.8 Å². The number of rotatable bonds is 13. The van der Waals surface area contributed by atoms with Crippen LogP contribution in [0.25, 0.3) is 12.2 Å². The van der Waals surface area contributed by atoms with E-state index in [9.17, 15) is 9.59 Å². The number of hydrogen-bond acceptors (Lipinski definition) is 5. The molecule has 0 fully saturated rings. The van der Waals surface area contributed by atoms with E-state index >= 15 is 0 Å². The molecule has 0 bridgehead atoms. The number of nitrogens with two attached hydrogens (primary N) is 1. The lowest BCUT2D eigenvalue weighted by molar-refractivity contribution is -0.137. The molecule has 1 heterocycles. The van der Waals surface area contributed by atoms with Gasteiger partial charge in [-0.25, -0.2) is 0 Å². The number of primary amides is 1. The van der Waals surface area contributed by atoms with Crippen LogP contribution >= 0.6 is 0 Å². The van der Waals surface area contributed by atoms with E-state index < -0.39 is 18.0 Å². The van der Waals surface area contributed by atoms with Gasteiger partial charge in [0.25, 0.3) is 5.91 Å². The summed E-state index contributed by atoms with van der Waals surface area (Å²) >= 11 is 0. The molecule has 0 saturated carbocycles. The lowest BCUT2D eigenvalue weighted by Crippen LogP contribution is -2.47. The van der Waals surface area contributed by atoms with E-state index in [0.29, 0.717) is 31.9 Å². The first kappa shape index (κ1) is 26.8. The molecule has 198 valence electrons. The second-order valence-electron chi connectivity index (χ2n) is 9.34. The Morgan fingerprint density at radius 3 is 2.50 bits per heavy atom. The Hall–Kier alpha value is -4.26. The van der Waals surface area contributed by atoms with E-state index in [1.165, 1.54) is 5.56 Å². The van der Waals surface area contributed by atoms with Gasteiger partial charge in [-0.05, 0) is 55.0 Å². The zero-order valence-corrected chi connectivity index (χ0v) is 21.4. The van der Waals surface area contributed by atoms with Crippen molar-refractivity contribution in [3.63, 3.8) is 0 Å². The maximum absolute atomic E-state index is 11.9. The smallest absolute Gasteiger partial charge is 0.303 e. The zero-order chi connectivity index (χ0) is 26.7. The molecular weight excluding hydrogens is 480 g/mol. The van der Waals surface area contributed by atoms with Crippen LogP contribution < -0.4 is 20.1 Å². The van der Waals surface area contributed by atoms with Crippen LogP contribution in [0.3, 0.4) is 0 Å². The van der Waals surface area contributed by atoms with Gasteiger partial charge in [0.15, 0.2) is 11.9 Å². The average Bonchev–Trinajstić information content (AvgIpc) is 2.92. The first-order chi connectivity index (χ1) is 18.5. The van der Waals surface area contributed by atoms with Crippen LogP contribution in [0.1, 0.15) is 42.4 Å². The van der Waals surface area contributed by atoms with Gasteiger partial charge in [-0.2, -0.15) is 0 Å². The summed E-state index contributed by atoms with van der Waals surface area (Å²) in [6.45, 7) is 1.47. The molecule has 0 saturated heterocycles. The number of para-hydroxylation sites is 1. The number of fused-ring (bicyclic) bond motifs is 1. The number of unbranched alkanes of at least 4 members (excludes halogenated alkanes) is 1. The largest absolute Gasteiger partial charge is 0.494 e. The Morgan fingerprint density at radius 1 is 0.974 bits per heavy atom. The molecule has 1 aliphatic rings. The van der Waals surface area contributed by atoms with Crippen molar-refractivity contribution in [2.75, 3.05) is 24.6 Å². The molecule has 3 aromatic carbocycles. The summed E-state index contributed by atoms with van der Waals surface area (Å²) in [7, 11) is 0. The number of amides is 1. The van der Waals surface area contributed by atoms with E-state index in [1.807, 2.05) is 65.6 Å². The number of hydrogen-bond donors (Lipinski definition) is 2. The molecule has 3 N–H and O–H groups in total. The van der Waals surface area contributed by atoms with Gasteiger partial charge < -0.3 is 25.2 Å². The summed E-state index contributed by atoms with van der Waals surface area (Å²) in [5.74, 6) is 0.0163. The Bertz CT molecular complexity index is 1240. The fraction of sp³-hybridized carbons (Fsp3) is 0.290. The van der Waals surface area contributed by atoms with Gasteiger partial charge in [-0.3, -0.25) is 9.59 Å². The Morgan fingerprint density at radius 2 is 1.76 bits per heavy atom. The lowest BCUT2D eigenvalue weighted by atomic mass is 10.1. The van der Waals surface area contributed by atoms with E-state index in [4.69, 9.17) is 20.3 Å². The van der Waals surface area contributed by atoms with Crippen molar-refractivity contribution >= 4 is 29.7 Å². The molecule has 38 heavy (non-hydrogen) atoms. The van der Waals surface area contributed by atoms with Crippen LogP contribution in [0.15, 0.2) is 72.8 Å². The van der Waals surface area contributed by atoms with Gasteiger partial charge in [-0.15, -0.1) is 0 Å². The van der Waals surface area contributed by atoms with Crippen LogP contribution in [-0.2, 0) is 16.0 Å². The minimum absolute atomic E-state index is 0.0565. The summed E-state index contributed by atoms with van der Waals surface area (Å²) in [5, 5.41) is 8.99. The van der Waals surface area contributed by atoms with Crippen LogP contribution in [0.5, 0.6) is 11.5 Å². The van der Waals surface area contributed by atoms with Crippen LogP contribution in [-0.4, -0.2) is 42.8 Å². The van der Waals surface area contributed by atoms with Gasteiger partial charge in [0, 0.05) is 18.5 Å². The lowest BCUT2D eigenvalue weighted by Gasteiger charge is -2.35. The van der Waals surface area contributed by atoms with Gasteiger partial charge in [0.1, 0.15) is 5.75 Å². The molecular formula is C31H34N2O5. The number of carboxylic acids is 1. The monoisotopic (exact) mass is 514 g/mol. The third kappa shape index (κ3) is 7.62. The molecule has 4 rings (SSSR count). The SMILES string of the molecule is NC(=O)C1CN(CCCC(=O)O)c2cccc(C=Cc3ccc(OCCCCc4ccccc4)cc3)c2O1. The Labute approximate surface area is 223 Å². The number of benzene rings is 3. The molecule has 0 radical (unpaired) electrons. The summed E-state index contributed by atoms with van der Waals surface area (Å²) in [6.07, 6.45) is 6.77. The third-order valence-electron chi connectivity index (χ3n) is 6.45. The molecule has 0 spiro atoms. The highest BCUT2D eigenvalue weighted by Crippen LogP contribution is 2.37. The van der Waals surface area contributed by atoms with Crippen molar-refractivity contribution in [1.82, 2.24) is 0 Å². The average molecular weight is 515 g/mol. The first-order valence-corrected chi connectivity index (χ1v) is 13.0. The molecule has 1 aliphatic heterocycles. The molecule has 1 amide bonds. The molecule has 3 aromatic rings. The fourth-order valence-corrected chi connectivity index (χ4v) is 4.44.